The van der Waals surface area contributed by atoms with Gasteiger partial charge in [0, 0.05) is 26.3 Å². The number of ketones is 1. The predicted molar refractivity (Wildman–Crippen MR) is 65.0 cm³/mol. The summed E-state index contributed by atoms with van der Waals surface area (Å²) in [7, 11) is 0. The molecule has 1 atom stereocenters. The second-order valence-electron chi connectivity index (χ2n) is 4.23. The third-order valence-electron chi connectivity index (χ3n) is 2.37. The average Bonchev–Trinajstić information content (AvgIpc) is 2.23. The summed E-state index contributed by atoms with van der Waals surface area (Å²) in [5, 5.41) is 8.84. The summed E-state index contributed by atoms with van der Waals surface area (Å²) in [6.07, 6.45) is 0.813. The van der Waals surface area contributed by atoms with E-state index in [-0.39, 0.29) is 5.78 Å². The highest BCUT2D eigenvalue weighted by Crippen LogP contribution is 2.02. The first kappa shape index (κ1) is 16.1. The van der Waals surface area contributed by atoms with Crippen LogP contribution in [0.25, 0.3) is 0 Å². The highest BCUT2D eigenvalue weighted by atomic mass is 16.5. The van der Waals surface area contributed by atoms with E-state index in [4.69, 9.17) is 9.84 Å². The van der Waals surface area contributed by atoms with Crippen molar-refractivity contribution in [1.29, 1.82) is 0 Å². The van der Waals surface area contributed by atoms with Crippen molar-refractivity contribution in [2.75, 3.05) is 32.8 Å². The summed E-state index contributed by atoms with van der Waals surface area (Å²) in [5.41, 5.74) is 0. The maximum absolute atomic E-state index is 11.1. The molecule has 1 unspecified atom stereocenters. The Kier molecular flexibility index (Phi) is 8.62. The van der Waals surface area contributed by atoms with Crippen LogP contribution in [0.3, 0.4) is 0 Å². The summed E-state index contributed by atoms with van der Waals surface area (Å²) in [4.78, 5) is 23.7. The topological polar surface area (TPSA) is 66.8 Å². The molecule has 0 amide bonds. The van der Waals surface area contributed by atoms with Crippen molar-refractivity contribution in [1.82, 2.24) is 4.90 Å². The molecule has 0 aliphatic heterocycles. The SMILES string of the molecule is CCOCCCN(CC(C)=O)CC(C)C(=O)O. The number of hydrogen-bond acceptors (Lipinski definition) is 4. The lowest BCUT2D eigenvalue weighted by molar-refractivity contribution is -0.142. The Bertz CT molecular complexity index is 243. The fraction of sp³-hybridized carbons (Fsp3) is 0.833. The molecule has 0 fully saturated rings. The van der Waals surface area contributed by atoms with E-state index < -0.39 is 11.9 Å². The van der Waals surface area contributed by atoms with Gasteiger partial charge in [0.05, 0.1) is 12.5 Å². The molecule has 5 heteroatoms. The van der Waals surface area contributed by atoms with Gasteiger partial charge in [-0.3, -0.25) is 14.5 Å². The smallest absolute Gasteiger partial charge is 0.307 e. The molecule has 5 nitrogen and oxygen atoms in total. The number of carboxylic acid groups (broad SMARTS) is 1. The Hall–Kier alpha value is -0.940. The predicted octanol–water partition coefficient (Wildman–Crippen LogP) is 1.02. The van der Waals surface area contributed by atoms with Gasteiger partial charge in [0.2, 0.25) is 0 Å². The summed E-state index contributed by atoms with van der Waals surface area (Å²) in [6.45, 7) is 7.82. The molecule has 0 aromatic heterocycles. The minimum Gasteiger partial charge on any atom is -0.481 e. The molecule has 0 rings (SSSR count). The Labute approximate surface area is 103 Å². The molecule has 0 saturated heterocycles. The zero-order chi connectivity index (χ0) is 13.3. The van der Waals surface area contributed by atoms with Crippen LogP contribution in [-0.4, -0.2) is 54.6 Å². The maximum atomic E-state index is 11.1. The lowest BCUT2D eigenvalue weighted by Crippen LogP contribution is -2.36. The van der Waals surface area contributed by atoms with Crippen molar-refractivity contribution in [2.45, 2.75) is 27.2 Å². The van der Waals surface area contributed by atoms with Crippen molar-refractivity contribution in [3.8, 4) is 0 Å². The van der Waals surface area contributed by atoms with Gasteiger partial charge in [0.1, 0.15) is 5.78 Å². The number of carboxylic acids is 1. The van der Waals surface area contributed by atoms with E-state index in [0.29, 0.717) is 32.8 Å². The standard InChI is InChI=1S/C12H23NO4/c1-4-17-7-5-6-13(9-11(3)14)8-10(2)12(15)16/h10H,4-9H2,1-3H3,(H,15,16). The van der Waals surface area contributed by atoms with E-state index in [1.165, 1.54) is 6.92 Å². The highest BCUT2D eigenvalue weighted by Gasteiger charge is 2.16. The van der Waals surface area contributed by atoms with E-state index in [0.717, 1.165) is 6.42 Å². The normalized spacial score (nSPS) is 12.7. The Balaban J connectivity index is 4.04. The molecule has 17 heavy (non-hydrogen) atoms. The number of ether oxygens (including phenoxy) is 1. The molecule has 0 aromatic carbocycles. The Morgan fingerprint density at radius 2 is 2.06 bits per heavy atom. The van der Waals surface area contributed by atoms with Crippen LogP contribution in [0.15, 0.2) is 0 Å². The van der Waals surface area contributed by atoms with Gasteiger partial charge < -0.3 is 9.84 Å². The largest absolute Gasteiger partial charge is 0.481 e. The zero-order valence-electron chi connectivity index (χ0n) is 10.9. The first-order chi connectivity index (χ1) is 7.97. The average molecular weight is 245 g/mol. The maximum Gasteiger partial charge on any atom is 0.307 e. The van der Waals surface area contributed by atoms with Crippen molar-refractivity contribution in [3.05, 3.63) is 0 Å². The number of Topliss-reactive ketones (excluding diaryl/α,β-unsaturated/α-hetero) is 1. The Morgan fingerprint density at radius 1 is 1.41 bits per heavy atom. The van der Waals surface area contributed by atoms with Gasteiger partial charge in [-0.15, -0.1) is 0 Å². The minimum absolute atomic E-state index is 0.0546. The van der Waals surface area contributed by atoms with E-state index in [2.05, 4.69) is 0 Å². The lowest BCUT2D eigenvalue weighted by Gasteiger charge is -2.22. The summed E-state index contributed by atoms with van der Waals surface area (Å²) >= 11 is 0. The second kappa shape index (κ2) is 9.13. The summed E-state index contributed by atoms with van der Waals surface area (Å²) in [5.74, 6) is -1.23. The van der Waals surface area contributed by atoms with E-state index in [1.807, 2.05) is 11.8 Å². The first-order valence-corrected chi connectivity index (χ1v) is 5.99. The molecular weight excluding hydrogens is 222 g/mol. The van der Waals surface area contributed by atoms with Crippen LogP contribution in [0.4, 0.5) is 0 Å². The minimum atomic E-state index is -0.830. The van der Waals surface area contributed by atoms with Gasteiger partial charge in [-0.05, 0) is 20.3 Å². The Morgan fingerprint density at radius 3 is 2.53 bits per heavy atom. The van der Waals surface area contributed by atoms with Crippen LogP contribution >= 0.6 is 0 Å². The van der Waals surface area contributed by atoms with Crippen molar-refractivity contribution >= 4 is 11.8 Å². The molecule has 0 heterocycles. The number of hydrogen-bond donors (Lipinski definition) is 1. The number of carbonyl (C=O) groups is 2. The summed E-state index contributed by atoms with van der Waals surface area (Å²) < 4.78 is 5.21. The fourth-order valence-electron chi connectivity index (χ4n) is 1.55. The molecule has 1 N–H and O–H groups in total. The van der Waals surface area contributed by atoms with Crippen molar-refractivity contribution < 1.29 is 19.4 Å². The highest BCUT2D eigenvalue weighted by molar-refractivity contribution is 5.77. The van der Waals surface area contributed by atoms with Gasteiger partial charge >= 0.3 is 5.97 Å². The second-order valence-corrected chi connectivity index (χ2v) is 4.23. The van der Waals surface area contributed by atoms with Crippen molar-refractivity contribution in [2.24, 2.45) is 5.92 Å². The number of carbonyl (C=O) groups excluding carboxylic acids is 1. The first-order valence-electron chi connectivity index (χ1n) is 5.99. The van der Waals surface area contributed by atoms with Crippen LogP contribution in [-0.2, 0) is 14.3 Å². The number of rotatable bonds is 10. The van der Waals surface area contributed by atoms with Gasteiger partial charge in [-0.2, -0.15) is 0 Å². The molecule has 0 spiro atoms. The molecule has 0 aliphatic rings. The van der Waals surface area contributed by atoms with Gasteiger partial charge in [0.25, 0.3) is 0 Å². The molecule has 0 aliphatic carbocycles. The quantitative estimate of drug-likeness (QED) is 0.582. The molecule has 100 valence electrons. The van der Waals surface area contributed by atoms with Crippen LogP contribution in [0.2, 0.25) is 0 Å². The third kappa shape index (κ3) is 8.83. The van der Waals surface area contributed by atoms with E-state index in [9.17, 15) is 9.59 Å². The van der Waals surface area contributed by atoms with Gasteiger partial charge in [-0.1, -0.05) is 6.92 Å². The number of aliphatic carboxylic acids is 1. The van der Waals surface area contributed by atoms with E-state index in [1.54, 1.807) is 6.92 Å². The molecule has 0 saturated carbocycles. The molecule has 0 bridgehead atoms. The summed E-state index contributed by atoms with van der Waals surface area (Å²) in [6, 6.07) is 0. The third-order valence-corrected chi connectivity index (χ3v) is 2.37. The molecule has 0 aromatic rings. The fourth-order valence-corrected chi connectivity index (χ4v) is 1.55. The monoisotopic (exact) mass is 245 g/mol. The van der Waals surface area contributed by atoms with Crippen LogP contribution in [0, 0.1) is 5.92 Å². The molecule has 0 radical (unpaired) electrons. The van der Waals surface area contributed by atoms with Crippen molar-refractivity contribution in [3.63, 3.8) is 0 Å². The van der Waals surface area contributed by atoms with Crippen LogP contribution < -0.4 is 0 Å². The number of nitrogens with zero attached hydrogens (tertiary/aromatic N) is 1. The molecular formula is C12H23NO4. The van der Waals surface area contributed by atoms with Gasteiger partial charge in [-0.25, -0.2) is 0 Å². The van der Waals surface area contributed by atoms with E-state index >= 15 is 0 Å². The van der Waals surface area contributed by atoms with Gasteiger partial charge in [0.15, 0.2) is 0 Å². The van der Waals surface area contributed by atoms with Crippen LogP contribution in [0.5, 0.6) is 0 Å². The van der Waals surface area contributed by atoms with Crippen LogP contribution in [0.1, 0.15) is 27.2 Å². The lowest BCUT2D eigenvalue weighted by atomic mass is 10.1. The zero-order valence-corrected chi connectivity index (χ0v) is 10.9.